The Morgan fingerprint density at radius 1 is 1.88 bits per heavy atom. The zero-order chi connectivity index (χ0) is 6.57. The van der Waals surface area contributed by atoms with Crippen molar-refractivity contribution in [1.29, 1.82) is 5.26 Å². The van der Waals surface area contributed by atoms with E-state index in [1.165, 1.54) is 0 Å². The van der Waals surface area contributed by atoms with E-state index in [1.807, 2.05) is 6.92 Å². The van der Waals surface area contributed by atoms with Crippen LogP contribution in [0.2, 0.25) is 0 Å². The zero-order valence-corrected chi connectivity index (χ0v) is 5.60. The van der Waals surface area contributed by atoms with E-state index < -0.39 is 6.10 Å². The average molecular weight is 131 g/mol. The lowest BCUT2D eigenvalue weighted by Crippen LogP contribution is -2.07. The molecule has 0 aliphatic carbocycles. The standard InChI is InChI=1S/C5H9NOS/c1-4(8)2-5(7)3-6/h4-5,7-8H,2H2,1H3. The number of nitrogens with zero attached hydrogens (tertiary/aromatic N) is 1. The van der Waals surface area contributed by atoms with Crippen molar-refractivity contribution in [2.24, 2.45) is 0 Å². The van der Waals surface area contributed by atoms with Crippen LogP contribution >= 0.6 is 12.6 Å². The van der Waals surface area contributed by atoms with Crippen LogP contribution in [0.4, 0.5) is 0 Å². The van der Waals surface area contributed by atoms with E-state index in [9.17, 15) is 0 Å². The molecule has 46 valence electrons. The Bertz CT molecular complexity index is 97.1. The first kappa shape index (κ1) is 7.80. The Morgan fingerprint density at radius 2 is 2.38 bits per heavy atom. The molecule has 0 aromatic carbocycles. The summed E-state index contributed by atoms with van der Waals surface area (Å²) in [5, 5.41) is 16.8. The number of thiol groups is 1. The maximum atomic E-state index is 8.62. The van der Waals surface area contributed by atoms with Crippen molar-refractivity contribution in [2.45, 2.75) is 24.7 Å². The summed E-state index contributed by atoms with van der Waals surface area (Å²) in [6.45, 7) is 1.84. The molecule has 2 atom stereocenters. The van der Waals surface area contributed by atoms with Crippen molar-refractivity contribution < 1.29 is 5.11 Å². The average Bonchev–Trinajstić information content (AvgIpc) is 1.65. The van der Waals surface area contributed by atoms with E-state index in [0.717, 1.165) is 0 Å². The predicted molar refractivity (Wildman–Crippen MR) is 34.7 cm³/mol. The van der Waals surface area contributed by atoms with Crippen LogP contribution in [-0.2, 0) is 0 Å². The van der Waals surface area contributed by atoms with Gasteiger partial charge in [-0.15, -0.1) is 0 Å². The molecule has 3 heteroatoms. The monoisotopic (exact) mass is 131 g/mol. The van der Waals surface area contributed by atoms with Gasteiger partial charge in [0.25, 0.3) is 0 Å². The van der Waals surface area contributed by atoms with E-state index in [2.05, 4.69) is 12.6 Å². The molecule has 2 nitrogen and oxygen atoms in total. The Balaban J connectivity index is 3.28. The summed E-state index contributed by atoms with van der Waals surface area (Å²) in [5.41, 5.74) is 0. The highest BCUT2D eigenvalue weighted by atomic mass is 32.1. The third kappa shape index (κ3) is 3.97. The highest BCUT2D eigenvalue weighted by Crippen LogP contribution is 2.01. The van der Waals surface area contributed by atoms with E-state index in [1.54, 1.807) is 6.07 Å². The van der Waals surface area contributed by atoms with Crippen molar-refractivity contribution >= 4 is 12.6 Å². The van der Waals surface area contributed by atoms with Gasteiger partial charge in [-0.25, -0.2) is 0 Å². The van der Waals surface area contributed by atoms with Gasteiger partial charge in [0.1, 0.15) is 6.10 Å². The Hall–Kier alpha value is -0.200. The van der Waals surface area contributed by atoms with Crippen molar-refractivity contribution in [3.05, 3.63) is 0 Å². The van der Waals surface area contributed by atoms with Gasteiger partial charge in [0.15, 0.2) is 0 Å². The molecule has 0 bridgehead atoms. The molecule has 0 aliphatic rings. The molecule has 0 radical (unpaired) electrons. The molecule has 0 saturated carbocycles. The largest absolute Gasteiger partial charge is 0.378 e. The molecule has 0 amide bonds. The lowest BCUT2D eigenvalue weighted by Gasteiger charge is -2.01. The molecule has 0 fully saturated rings. The molecule has 0 aromatic rings. The highest BCUT2D eigenvalue weighted by molar-refractivity contribution is 7.80. The number of rotatable bonds is 2. The maximum Gasteiger partial charge on any atom is 0.141 e. The van der Waals surface area contributed by atoms with Crippen molar-refractivity contribution in [2.75, 3.05) is 0 Å². The first-order chi connectivity index (χ1) is 3.66. The van der Waals surface area contributed by atoms with Gasteiger partial charge in [0.05, 0.1) is 6.07 Å². The molecule has 0 aromatic heterocycles. The summed E-state index contributed by atoms with van der Waals surface area (Å²) in [7, 11) is 0. The molecule has 0 spiro atoms. The molecule has 0 heterocycles. The Labute approximate surface area is 54.5 Å². The van der Waals surface area contributed by atoms with Gasteiger partial charge in [0.2, 0.25) is 0 Å². The zero-order valence-electron chi connectivity index (χ0n) is 4.70. The third-order valence-corrected chi connectivity index (χ3v) is 0.924. The van der Waals surface area contributed by atoms with E-state index in [0.29, 0.717) is 6.42 Å². The van der Waals surface area contributed by atoms with Crippen LogP contribution in [0.25, 0.3) is 0 Å². The molecule has 0 saturated heterocycles. The second-order valence-corrected chi connectivity index (χ2v) is 2.61. The number of aliphatic hydroxyl groups excluding tert-OH is 1. The van der Waals surface area contributed by atoms with Crippen LogP contribution in [0.1, 0.15) is 13.3 Å². The van der Waals surface area contributed by atoms with Gasteiger partial charge < -0.3 is 5.11 Å². The lowest BCUT2D eigenvalue weighted by atomic mass is 10.2. The fourth-order valence-electron chi connectivity index (χ4n) is 0.376. The van der Waals surface area contributed by atoms with Crippen molar-refractivity contribution in [1.82, 2.24) is 0 Å². The molecule has 0 rings (SSSR count). The second-order valence-electron chi connectivity index (χ2n) is 1.73. The summed E-state index contributed by atoms with van der Waals surface area (Å²) >= 11 is 3.98. The minimum absolute atomic E-state index is 0.102. The van der Waals surface area contributed by atoms with Gasteiger partial charge in [-0.2, -0.15) is 17.9 Å². The van der Waals surface area contributed by atoms with E-state index in [-0.39, 0.29) is 5.25 Å². The quantitative estimate of drug-likeness (QED) is 0.425. The summed E-state index contributed by atoms with van der Waals surface area (Å²) in [6, 6.07) is 1.70. The predicted octanol–water partition coefficient (Wildman–Crippen LogP) is 0.579. The SMILES string of the molecule is CC(S)CC(O)C#N. The van der Waals surface area contributed by atoms with Gasteiger partial charge in [-0.1, -0.05) is 6.92 Å². The van der Waals surface area contributed by atoms with Gasteiger partial charge in [-0.3, -0.25) is 0 Å². The number of hydrogen-bond donors (Lipinski definition) is 2. The van der Waals surface area contributed by atoms with E-state index in [4.69, 9.17) is 10.4 Å². The molecular formula is C5H9NOS. The molecule has 8 heavy (non-hydrogen) atoms. The van der Waals surface area contributed by atoms with Gasteiger partial charge in [-0.05, 0) is 6.42 Å². The normalized spacial score (nSPS) is 16.8. The van der Waals surface area contributed by atoms with Crippen LogP contribution in [0.5, 0.6) is 0 Å². The van der Waals surface area contributed by atoms with Crippen LogP contribution in [-0.4, -0.2) is 16.5 Å². The molecular weight excluding hydrogens is 122 g/mol. The second kappa shape index (κ2) is 3.76. The first-order valence-electron chi connectivity index (χ1n) is 2.42. The molecule has 1 N–H and O–H groups in total. The van der Waals surface area contributed by atoms with Crippen molar-refractivity contribution in [3.8, 4) is 6.07 Å². The lowest BCUT2D eigenvalue weighted by molar-refractivity contribution is 0.220. The number of hydrogen-bond acceptors (Lipinski definition) is 3. The molecule has 2 unspecified atom stereocenters. The van der Waals surface area contributed by atoms with Gasteiger partial charge in [0, 0.05) is 5.25 Å². The molecule has 0 aliphatic heterocycles. The summed E-state index contributed by atoms with van der Waals surface area (Å²) in [5.74, 6) is 0. The minimum atomic E-state index is -0.845. The Morgan fingerprint density at radius 3 is 2.50 bits per heavy atom. The van der Waals surface area contributed by atoms with Gasteiger partial charge >= 0.3 is 0 Å². The first-order valence-corrected chi connectivity index (χ1v) is 2.94. The summed E-state index contributed by atoms with van der Waals surface area (Å²) in [6.07, 6.45) is -0.401. The van der Waals surface area contributed by atoms with Crippen LogP contribution < -0.4 is 0 Å². The van der Waals surface area contributed by atoms with Crippen molar-refractivity contribution in [3.63, 3.8) is 0 Å². The maximum absolute atomic E-state index is 8.62. The minimum Gasteiger partial charge on any atom is -0.378 e. The van der Waals surface area contributed by atoms with Crippen LogP contribution in [0, 0.1) is 11.3 Å². The number of nitriles is 1. The highest BCUT2D eigenvalue weighted by Gasteiger charge is 2.03. The summed E-state index contributed by atoms with van der Waals surface area (Å²) < 4.78 is 0. The number of aliphatic hydroxyl groups is 1. The van der Waals surface area contributed by atoms with Crippen LogP contribution in [0.3, 0.4) is 0 Å². The fraction of sp³-hybridized carbons (Fsp3) is 0.800. The Kier molecular flexibility index (Phi) is 3.67. The smallest absolute Gasteiger partial charge is 0.141 e. The van der Waals surface area contributed by atoms with E-state index >= 15 is 0 Å². The third-order valence-electron chi connectivity index (χ3n) is 0.713. The fourth-order valence-corrected chi connectivity index (χ4v) is 0.576. The summed E-state index contributed by atoms with van der Waals surface area (Å²) in [4.78, 5) is 0. The van der Waals surface area contributed by atoms with Crippen LogP contribution in [0.15, 0.2) is 0 Å². The topological polar surface area (TPSA) is 44.0 Å².